The van der Waals surface area contributed by atoms with Gasteiger partial charge in [-0.3, -0.25) is 14.9 Å². The highest BCUT2D eigenvalue weighted by Gasteiger charge is 2.33. The van der Waals surface area contributed by atoms with Gasteiger partial charge in [-0.25, -0.2) is 24.9 Å². The minimum atomic E-state index is -4.59. The Balaban J connectivity index is 1.18. The number of alkyl halides is 3. The van der Waals surface area contributed by atoms with E-state index in [0.29, 0.717) is 54.3 Å². The van der Waals surface area contributed by atoms with Gasteiger partial charge in [0.1, 0.15) is 5.69 Å². The second-order valence-electron chi connectivity index (χ2n) is 10.1. The smallest absolute Gasteiger partial charge is 0.347 e. The molecule has 0 aromatic carbocycles. The number of aromatic nitrogens is 5. The van der Waals surface area contributed by atoms with Crippen molar-refractivity contribution in [3.8, 4) is 11.3 Å². The van der Waals surface area contributed by atoms with Crippen LogP contribution in [0.5, 0.6) is 0 Å². The molecular formula is C27H28F3N9O2S. The molecule has 0 atom stereocenters. The first-order valence-electron chi connectivity index (χ1n) is 13.2. The SMILES string of the molecule is CN(C)c1ncc(-c2cc(CNCC3CCN(c4nccc(/C=C5\SC(=O)NC5=O)n4)CC3)cc(C(F)(F)F)n2)cn1. The highest BCUT2D eigenvalue weighted by Crippen LogP contribution is 2.31. The molecule has 2 saturated heterocycles. The minimum Gasteiger partial charge on any atom is -0.347 e. The number of nitrogens with zero attached hydrogens (tertiary/aromatic N) is 7. The molecule has 0 unspecified atom stereocenters. The van der Waals surface area contributed by atoms with E-state index >= 15 is 0 Å². The van der Waals surface area contributed by atoms with E-state index in [1.807, 2.05) is 0 Å². The molecule has 2 N–H and O–H groups in total. The zero-order valence-corrected chi connectivity index (χ0v) is 23.7. The van der Waals surface area contributed by atoms with E-state index in [2.05, 4.69) is 40.5 Å². The third-order valence-corrected chi connectivity index (χ3v) is 7.57. The van der Waals surface area contributed by atoms with Crippen molar-refractivity contribution in [1.29, 1.82) is 0 Å². The number of nitrogens with one attached hydrogen (secondary N) is 2. The largest absolute Gasteiger partial charge is 0.433 e. The van der Waals surface area contributed by atoms with Crippen LogP contribution in [-0.2, 0) is 17.5 Å². The molecule has 5 heterocycles. The van der Waals surface area contributed by atoms with E-state index in [4.69, 9.17) is 0 Å². The van der Waals surface area contributed by atoms with E-state index in [9.17, 15) is 22.8 Å². The van der Waals surface area contributed by atoms with Crippen LogP contribution in [0.3, 0.4) is 0 Å². The van der Waals surface area contributed by atoms with Gasteiger partial charge in [0.05, 0.1) is 16.3 Å². The predicted molar refractivity (Wildman–Crippen MR) is 152 cm³/mol. The summed E-state index contributed by atoms with van der Waals surface area (Å²) in [7, 11) is 3.55. The number of carbonyl (C=O) groups is 2. The van der Waals surface area contributed by atoms with Gasteiger partial charge in [-0.2, -0.15) is 13.2 Å². The zero-order chi connectivity index (χ0) is 29.9. The Morgan fingerprint density at radius 2 is 1.86 bits per heavy atom. The van der Waals surface area contributed by atoms with Gasteiger partial charge in [0.15, 0.2) is 0 Å². The molecule has 0 saturated carbocycles. The van der Waals surface area contributed by atoms with Gasteiger partial charge in [-0.15, -0.1) is 0 Å². The summed E-state index contributed by atoms with van der Waals surface area (Å²) in [5, 5.41) is 5.11. The summed E-state index contributed by atoms with van der Waals surface area (Å²) in [4.78, 5) is 48.4. The van der Waals surface area contributed by atoms with Gasteiger partial charge in [-0.05, 0) is 66.9 Å². The van der Waals surface area contributed by atoms with Crippen LogP contribution in [0, 0.1) is 5.92 Å². The van der Waals surface area contributed by atoms with Gasteiger partial charge in [0, 0.05) is 57.9 Å². The maximum atomic E-state index is 13.6. The molecule has 5 rings (SSSR count). The van der Waals surface area contributed by atoms with E-state index in [0.717, 1.165) is 30.7 Å². The number of piperidine rings is 1. The molecule has 11 nitrogen and oxygen atoms in total. The quantitative estimate of drug-likeness (QED) is 0.368. The molecule has 42 heavy (non-hydrogen) atoms. The molecule has 2 fully saturated rings. The molecule has 220 valence electrons. The van der Waals surface area contributed by atoms with Crippen LogP contribution in [0.1, 0.15) is 29.8 Å². The van der Waals surface area contributed by atoms with Crippen LogP contribution in [0.2, 0.25) is 0 Å². The van der Waals surface area contributed by atoms with Crippen LogP contribution >= 0.6 is 11.8 Å². The molecule has 15 heteroatoms. The van der Waals surface area contributed by atoms with Crippen molar-refractivity contribution in [2.75, 3.05) is 43.5 Å². The Bertz CT molecular complexity index is 1490. The number of imide groups is 1. The highest BCUT2D eigenvalue weighted by molar-refractivity contribution is 8.18. The fourth-order valence-corrected chi connectivity index (χ4v) is 5.24. The van der Waals surface area contributed by atoms with Gasteiger partial charge < -0.3 is 15.1 Å². The monoisotopic (exact) mass is 599 g/mol. The summed E-state index contributed by atoms with van der Waals surface area (Å²) in [6.45, 7) is 2.31. The van der Waals surface area contributed by atoms with Crippen LogP contribution in [-0.4, -0.2) is 69.8 Å². The van der Waals surface area contributed by atoms with Crippen molar-refractivity contribution in [2.24, 2.45) is 5.92 Å². The Morgan fingerprint density at radius 3 is 2.50 bits per heavy atom. The zero-order valence-electron chi connectivity index (χ0n) is 22.9. The van der Waals surface area contributed by atoms with Gasteiger partial charge in [0.2, 0.25) is 11.9 Å². The molecule has 0 spiro atoms. The summed E-state index contributed by atoms with van der Waals surface area (Å²) in [6.07, 6.45) is 3.22. The Kier molecular flexibility index (Phi) is 8.68. The number of hydrogen-bond acceptors (Lipinski definition) is 11. The maximum absolute atomic E-state index is 13.6. The summed E-state index contributed by atoms with van der Waals surface area (Å²) >= 11 is 0.833. The number of hydrogen-bond donors (Lipinski definition) is 2. The third kappa shape index (κ3) is 7.20. The molecule has 0 radical (unpaired) electrons. The Hall–Kier alpha value is -4.11. The lowest BCUT2D eigenvalue weighted by Crippen LogP contribution is -2.38. The maximum Gasteiger partial charge on any atom is 0.433 e. The van der Waals surface area contributed by atoms with Crippen molar-refractivity contribution < 1.29 is 22.8 Å². The standard InChI is InChI=1S/C27H28F3N9O2S/c1-38(2)24-33-14-18(15-34-24)20-9-17(10-22(36-20)27(28,29)30)13-31-12-16-4-7-39(8-5-16)25-32-6-3-19(35-25)11-21-23(40)37-26(41)42-21/h3,6,9-11,14-16,31H,4-5,7-8,12-13H2,1-2H3,(H,37,40,41)/b21-11-. The second-order valence-corrected chi connectivity index (χ2v) is 11.1. The summed E-state index contributed by atoms with van der Waals surface area (Å²) in [5.41, 5.74) is 0.611. The lowest BCUT2D eigenvalue weighted by Gasteiger charge is -2.32. The topological polar surface area (TPSA) is 129 Å². The lowest BCUT2D eigenvalue weighted by molar-refractivity contribution is -0.141. The molecule has 2 aliphatic heterocycles. The molecule has 0 aliphatic carbocycles. The van der Waals surface area contributed by atoms with E-state index in [-0.39, 0.29) is 17.1 Å². The average Bonchev–Trinajstić information content (AvgIpc) is 3.28. The van der Waals surface area contributed by atoms with Gasteiger partial charge in [0.25, 0.3) is 11.1 Å². The Labute approximate surface area is 244 Å². The summed E-state index contributed by atoms with van der Waals surface area (Å²) in [6, 6.07) is 4.36. The number of carbonyl (C=O) groups excluding carboxylic acids is 2. The fourth-order valence-electron chi connectivity index (χ4n) is 4.57. The molecule has 3 aromatic rings. The fraction of sp³-hybridized carbons (Fsp3) is 0.370. The Morgan fingerprint density at radius 1 is 1.12 bits per heavy atom. The average molecular weight is 600 g/mol. The van der Waals surface area contributed by atoms with Gasteiger partial charge >= 0.3 is 6.18 Å². The summed E-state index contributed by atoms with van der Waals surface area (Å²) in [5.74, 6) is 0.873. The number of thioether (sulfide) groups is 1. The predicted octanol–water partition coefficient (Wildman–Crippen LogP) is 3.74. The number of anilines is 2. The van der Waals surface area contributed by atoms with Crippen molar-refractivity contribution >= 4 is 40.9 Å². The van der Waals surface area contributed by atoms with Crippen LogP contribution < -0.4 is 20.4 Å². The normalized spacial score (nSPS) is 17.2. The van der Waals surface area contributed by atoms with E-state index in [1.54, 1.807) is 43.4 Å². The third-order valence-electron chi connectivity index (χ3n) is 6.75. The minimum absolute atomic E-state index is 0.164. The second kappa shape index (κ2) is 12.4. The molecule has 0 bridgehead atoms. The van der Waals surface area contributed by atoms with E-state index in [1.165, 1.54) is 12.4 Å². The first-order valence-corrected chi connectivity index (χ1v) is 14.0. The molecular weight excluding hydrogens is 571 g/mol. The number of rotatable bonds is 8. The number of pyridine rings is 1. The van der Waals surface area contributed by atoms with Crippen LogP contribution in [0.4, 0.5) is 29.9 Å². The molecule has 2 amide bonds. The van der Waals surface area contributed by atoms with Crippen molar-refractivity contribution in [1.82, 2.24) is 35.6 Å². The summed E-state index contributed by atoms with van der Waals surface area (Å²) < 4.78 is 40.8. The van der Waals surface area contributed by atoms with E-state index < -0.39 is 23.0 Å². The van der Waals surface area contributed by atoms with Crippen molar-refractivity contribution in [3.05, 3.63) is 58.6 Å². The molecule has 3 aromatic heterocycles. The molecule has 2 aliphatic rings. The van der Waals surface area contributed by atoms with Crippen LogP contribution in [0.15, 0.2) is 41.7 Å². The van der Waals surface area contributed by atoms with Gasteiger partial charge in [-0.1, -0.05) is 0 Å². The van der Waals surface area contributed by atoms with Crippen molar-refractivity contribution in [2.45, 2.75) is 25.6 Å². The van der Waals surface area contributed by atoms with Crippen molar-refractivity contribution in [3.63, 3.8) is 0 Å². The lowest BCUT2D eigenvalue weighted by atomic mass is 9.97. The number of amides is 2. The van der Waals surface area contributed by atoms with Crippen LogP contribution in [0.25, 0.3) is 17.3 Å². The first-order chi connectivity index (χ1) is 20.0. The number of halogens is 3. The first kappa shape index (κ1) is 29.4. The highest BCUT2D eigenvalue weighted by atomic mass is 32.2.